The Morgan fingerprint density at radius 1 is 1.07 bits per heavy atom. The molecule has 0 bridgehead atoms. The molecule has 0 radical (unpaired) electrons. The average molecular weight is 603 g/mol. The van der Waals surface area contributed by atoms with E-state index < -0.39 is 29.7 Å². The Morgan fingerprint density at radius 3 is 2.36 bits per heavy atom. The first-order valence-electron chi connectivity index (χ1n) is 15.1. The molecule has 0 aliphatic heterocycles. The number of hydrogen-bond donors (Lipinski definition) is 3. The van der Waals surface area contributed by atoms with E-state index in [9.17, 15) is 23.5 Å². The van der Waals surface area contributed by atoms with Crippen molar-refractivity contribution in [2.45, 2.75) is 70.6 Å². The number of aliphatic hydroxyl groups is 1. The summed E-state index contributed by atoms with van der Waals surface area (Å²) in [5, 5.41) is 17.6. The Hall–Kier alpha value is -4.13. The zero-order valence-electron chi connectivity index (χ0n) is 25.5. The van der Waals surface area contributed by atoms with E-state index in [2.05, 4.69) is 21.5 Å². The van der Waals surface area contributed by atoms with Crippen LogP contribution in [0.15, 0.2) is 54.6 Å². The summed E-state index contributed by atoms with van der Waals surface area (Å²) in [5.41, 5.74) is 2.55. The van der Waals surface area contributed by atoms with Crippen molar-refractivity contribution in [1.29, 1.82) is 0 Å². The lowest BCUT2D eigenvalue weighted by molar-refractivity contribution is 0.0749. The van der Waals surface area contributed by atoms with Gasteiger partial charge in [0.1, 0.15) is 17.3 Å². The molecule has 2 atom stereocenters. The van der Waals surface area contributed by atoms with Crippen LogP contribution in [0.25, 0.3) is 0 Å². The van der Waals surface area contributed by atoms with Crippen molar-refractivity contribution in [3.63, 3.8) is 0 Å². The molecule has 232 valence electrons. The lowest BCUT2D eigenvalue weighted by Gasteiger charge is -2.27. The zero-order chi connectivity index (χ0) is 31.9. The van der Waals surface area contributed by atoms with Gasteiger partial charge in [-0.1, -0.05) is 31.9 Å². The molecule has 1 fully saturated rings. The van der Waals surface area contributed by atoms with Crippen molar-refractivity contribution in [1.82, 2.24) is 20.5 Å². The van der Waals surface area contributed by atoms with E-state index in [1.807, 2.05) is 38.1 Å². The first kappa shape index (κ1) is 32.8. The molecular weight excluding hydrogens is 562 g/mol. The van der Waals surface area contributed by atoms with Gasteiger partial charge in [-0.15, -0.1) is 6.42 Å². The third-order valence-electron chi connectivity index (χ3n) is 7.85. The highest BCUT2D eigenvalue weighted by Crippen LogP contribution is 2.45. The summed E-state index contributed by atoms with van der Waals surface area (Å²) in [6.45, 7) is 6.93. The van der Waals surface area contributed by atoms with Crippen LogP contribution < -0.4 is 10.6 Å². The minimum Gasteiger partial charge on any atom is -0.390 e. The lowest BCUT2D eigenvalue weighted by atomic mass is 9.98. The standard InChI is InChI=1S/C35H40F2N4O3/c1-5-13-41(14-6-2)34(44)31-20-26(15-23(4)39-31)33(43)40-30(19-25-17-28(36)21-29(37)18-25)32(42)22-38-35(11-12-35)27-10-8-9-24(7-3)16-27/h3,8-10,15-18,20-21,30,32,38,42H,5-6,11-14,19,22H2,1-2,4H3,(H,40,43)/t30-,32+/m0/s1. The Bertz CT molecular complexity index is 1510. The van der Waals surface area contributed by atoms with Gasteiger partial charge in [0, 0.05) is 48.1 Å². The summed E-state index contributed by atoms with van der Waals surface area (Å²) in [5.74, 6) is 0.348. The molecule has 7 nitrogen and oxygen atoms in total. The molecular formula is C35H40F2N4O3. The Morgan fingerprint density at radius 2 is 1.75 bits per heavy atom. The smallest absolute Gasteiger partial charge is 0.272 e. The predicted molar refractivity (Wildman–Crippen MR) is 166 cm³/mol. The van der Waals surface area contributed by atoms with Gasteiger partial charge in [-0.3, -0.25) is 9.59 Å². The monoisotopic (exact) mass is 602 g/mol. The SMILES string of the molecule is C#Cc1cccc(C2(NC[C@@H](O)[C@H](Cc3cc(F)cc(F)c3)NC(=O)c3cc(C)nc(C(=O)N(CCC)CCC)c3)CC2)c1. The number of rotatable bonds is 14. The predicted octanol–water partition coefficient (Wildman–Crippen LogP) is 4.89. The average Bonchev–Trinajstić information content (AvgIpc) is 3.79. The number of pyridine rings is 1. The van der Waals surface area contributed by atoms with Crippen molar-refractivity contribution in [3.05, 3.63) is 99.9 Å². The largest absolute Gasteiger partial charge is 0.390 e. The van der Waals surface area contributed by atoms with E-state index in [0.717, 1.165) is 42.9 Å². The summed E-state index contributed by atoms with van der Waals surface area (Å²) in [6, 6.07) is 12.9. The second-order valence-corrected chi connectivity index (χ2v) is 11.5. The quantitative estimate of drug-likeness (QED) is 0.229. The number of carbonyl (C=O) groups is 2. The van der Waals surface area contributed by atoms with Crippen LogP contribution in [0.2, 0.25) is 0 Å². The molecule has 2 amide bonds. The van der Waals surface area contributed by atoms with E-state index in [1.165, 1.54) is 18.2 Å². The summed E-state index contributed by atoms with van der Waals surface area (Å²) in [7, 11) is 0. The normalized spacial score (nSPS) is 14.8. The molecule has 3 N–H and O–H groups in total. The minimum absolute atomic E-state index is 0.0283. The molecule has 0 saturated heterocycles. The maximum Gasteiger partial charge on any atom is 0.272 e. The van der Waals surface area contributed by atoms with E-state index in [-0.39, 0.29) is 41.2 Å². The van der Waals surface area contributed by atoms with Gasteiger partial charge >= 0.3 is 0 Å². The Labute approximate surface area is 258 Å². The van der Waals surface area contributed by atoms with Crippen LogP contribution in [-0.2, 0) is 12.0 Å². The molecule has 1 heterocycles. The first-order valence-corrected chi connectivity index (χ1v) is 15.1. The molecule has 2 aromatic carbocycles. The number of aromatic nitrogens is 1. The minimum atomic E-state index is -1.12. The summed E-state index contributed by atoms with van der Waals surface area (Å²) < 4.78 is 28.1. The van der Waals surface area contributed by atoms with Crippen LogP contribution in [0.5, 0.6) is 0 Å². The van der Waals surface area contributed by atoms with Crippen LogP contribution in [0.4, 0.5) is 8.78 Å². The molecule has 4 rings (SSSR count). The second kappa shape index (κ2) is 14.6. The zero-order valence-corrected chi connectivity index (χ0v) is 25.5. The third kappa shape index (κ3) is 8.28. The highest BCUT2D eigenvalue weighted by atomic mass is 19.1. The van der Waals surface area contributed by atoms with E-state index in [1.54, 1.807) is 17.9 Å². The van der Waals surface area contributed by atoms with Crippen molar-refractivity contribution in [2.75, 3.05) is 19.6 Å². The van der Waals surface area contributed by atoms with Gasteiger partial charge in [0.15, 0.2) is 0 Å². The van der Waals surface area contributed by atoms with E-state index in [4.69, 9.17) is 6.42 Å². The highest BCUT2D eigenvalue weighted by Gasteiger charge is 2.44. The van der Waals surface area contributed by atoms with Gasteiger partial charge in [-0.05, 0) is 86.6 Å². The molecule has 3 aromatic rings. The number of aliphatic hydroxyl groups excluding tert-OH is 1. The summed E-state index contributed by atoms with van der Waals surface area (Å²) >= 11 is 0. The van der Waals surface area contributed by atoms with Crippen molar-refractivity contribution in [3.8, 4) is 12.3 Å². The molecule has 0 unspecified atom stereocenters. The maximum absolute atomic E-state index is 14.0. The molecule has 44 heavy (non-hydrogen) atoms. The number of nitrogens with one attached hydrogen (secondary N) is 2. The molecule has 9 heteroatoms. The van der Waals surface area contributed by atoms with Crippen LogP contribution >= 0.6 is 0 Å². The Kier molecular flexibility index (Phi) is 10.8. The third-order valence-corrected chi connectivity index (χ3v) is 7.85. The van der Waals surface area contributed by atoms with Gasteiger partial charge in [-0.25, -0.2) is 13.8 Å². The van der Waals surface area contributed by atoms with Crippen LogP contribution in [-0.4, -0.2) is 58.6 Å². The van der Waals surface area contributed by atoms with Crippen molar-refractivity contribution < 1.29 is 23.5 Å². The fraction of sp³-hybridized carbons (Fsp3) is 0.400. The first-order chi connectivity index (χ1) is 21.1. The molecule has 1 aromatic heterocycles. The number of amides is 2. The summed E-state index contributed by atoms with van der Waals surface area (Å²) in [6.07, 6.45) is 7.70. The number of nitrogens with zero attached hydrogens (tertiary/aromatic N) is 2. The molecule has 1 saturated carbocycles. The molecule has 1 aliphatic rings. The van der Waals surface area contributed by atoms with Crippen molar-refractivity contribution in [2.24, 2.45) is 0 Å². The number of halogens is 2. The lowest BCUT2D eigenvalue weighted by Crippen LogP contribution is -2.50. The Balaban J connectivity index is 1.56. The van der Waals surface area contributed by atoms with Gasteiger partial charge in [0.05, 0.1) is 12.1 Å². The van der Waals surface area contributed by atoms with E-state index >= 15 is 0 Å². The van der Waals surface area contributed by atoms with Crippen LogP contribution in [0.1, 0.15) is 82.8 Å². The van der Waals surface area contributed by atoms with Crippen LogP contribution in [0, 0.1) is 30.9 Å². The number of aryl methyl sites for hydroxylation is 1. The van der Waals surface area contributed by atoms with Crippen LogP contribution in [0.3, 0.4) is 0 Å². The molecule has 0 spiro atoms. The summed E-state index contributed by atoms with van der Waals surface area (Å²) in [4.78, 5) is 32.9. The number of hydrogen-bond acceptors (Lipinski definition) is 5. The van der Waals surface area contributed by atoms with Gasteiger partial charge < -0.3 is 20.6 Å². The highest BCUT2D eigenvalue weighted by molar-refractivity contribution is 5.98. The van der Waals surface area contributed by atoms with E-state index in [0.29, 0.717) is 18.8 Å². The second-order valence-electron chi connectivity index (χ2n) is 11.5. The fourth-order valence-corrected chi connectivity index (χ4v) is 5.49. The topological polar surface area (TPSA) is 94.6 Å². The fourth-order valence-electron chi connectivity index (χ4n) is 5.49. The maximum atomic E-state index is 14.0. The number of benzene rings is 2. The number of carbonyl (C=O) groups excluding carboxylic acids is 2. The van der Waals surface area contributed by atoms with Gasteiger partial charge in [0.2, 0.25) is 0 Å². The van der Waals surface area contributed by atoms with Gasteiger partial charge in [0.25, 0.3) is 11.8 Å². The van der Waals surface area contributed by atoms with Gasteiger partial charge in [-0.2, -0.15) is 0 Å². The molecule has 1 aliphatic carbocycles. The van der Waals surface area contributed by atoms with Crippen molar-refractivity contribution >= 4 is 11.8 Å². The number of terminal acetylenes is 1.